The van der Waals surface area contributed by atoms with Crippen molar-refractivity contribution >= 4 is 11.6 Å². The molecule has 0 aliphatic rings. The fraction of sp³-hybridized carbons (Fsp3) is 0.462. The fourth-order valence-electron chi connectivity index (χ4n) is 1.90. The SMILES string of the molecule is CCn1ncc(NC(=O)CCn2ccc(C)n2)c1C. The van der Waals surface area contributed by atoms with E-state index in [1.165, 1.54) is 0 Å². The predicted molar refractivity (Wildman–Crippen MR) is 72.8 cm³/mol. The van der Waals surface area contributed by atoms with E-state index < -0.39 is 0 Å². The topological polar surface area (TPSA) is 64.7 Å². The van der Waals surface area contributed by atoms with Crippen LogP contribution in [-0.2, 0) is 17.9 Å². The van der Waals surface area contributed by atoms with E-state index >= 15 is 0 Å². The highest BCUT2D eigenvalue weighted by atomic mass is 16.1. The minimum absolute atomic E-state index is 0.0214. The lowest BCUT2D eigenvalue weighted by molar-refractivity contribution is -0.116. The van der Waals surface area contributed by atoms with Crippen LogP contribution in [0.2, 0.25) is 0 Å². The van der Waals surface area contributed by atoms with Gasteiger partial charge < -0.3 is 5.32 Å². The van der Waals surface area contributed by atoms with Gasteiger partial charge in [0.05, 0.1) is 23.3 Å². The first kappa shape index (κ1) is 13.3. The van der Waals surface area contributed by atoms with Crippen LogP contribution in [0, 0.1) is 13.8 Å². The number of rotatable bonds is 5. The summed E-state index contributed by atoms with van der Waals surface area (Å²) in [6.45, 7) is 7.28. The van der Waals surface area contributed by atoms with E-state index in [-0.39, 0.29) is 5.91 Å². The van der Waals surface area contributed by atoms with Gasteiger partial charge in [-0.05, 0) is 26.8 Å². The molecule has 6 heteroatoms. The normalized spacial score (nSPS) is 10.7. The lowest BCUT2D eigenvalue weighted by atomic mass is 10.3. The van der Waals surface area contributed by atoms with Gasteiger partial charge in [0, 0.05) is 25.7 Å². The van der Waals surface area contributed by atoms with Crippen LogP contribution in [0.15, 0.2) is 18.5 Å². The summed E-state index contributed by atoms with van der Waals surface area (Å²) in [5.74, 6) is -0.0214. The average Bonchev–Trinajstić information content (AvgIpc) is 2.95. The molecular formula is C13H19N5O. The number of aromatic nitrogens is 4. The molecule has 1 amide bonds. The third-order valence-corrected chi connectivity index (χ3v) is 3.02. The van der Waals surface area contributed by atoms with Gasteiger partial charge >= 0.3 is 0 Å². The van der Waals surface area contributed by atoms with E-state index in [0.717, 1.165) is 23.6 Å². The highest BCUT2D eigenvalue weighted by molar-refractivity contribution is 5.91. The second-order valence-electron chi connectivity index (χ2n) is 4.48. The maximum atomic E-state index is 11.9. The molecule has 2 aromatic heterocycles. The van der Waals surface area contributed by atoms with Gasteiger partial charge in [0.2, 0.25) is 5.91 Å². The standard InChI is InChI=1S/C13H19N5O/c1-4-18-11(3)12(9-14-18)15-13(19)6-8-17-7-5-10(2)16-17/h5,7,9H,4,6,8H2,1-3H3,(H,15,19). The van der Waals surface area contributed by atoms with E-state index in [1.807, 2.05) is 37.7 Å². The Bertz CT molecular complexity index is 569. The molecule has 0 aromatic carbocycles. The van der Waals surface area contributed by atoms with Crippen molar-refractivity contribution in [3.8, 4) is 0 Å². The Morgan fingerprint density at radius 2 is 2.21 bits per heavy atom. The molecule has 0 fully saturated rings. The van der Waals surface area contributed by atoms with Gasteiger partial charge in [-0.2, -0.15) is 10.2 Å². The summed E-state index contributed by atoms with van der Waals surface area (Å²) in [6, 6.07) is 1.92. The first-order valence-electron chi connectivity index (χ1n) is 6.42. The Hall–Kier alpha value is -2.11. The van der Waals surface area contributed by atoms with Gasteiger partial charge in [-0.15, -0.1) is 0 Å². The summed E-state index contributed by atoms with van der Waals surface area (Å²) in [5, 5.41) is 11.3. The van der Waals surface area contributed by atoms with Crippen LogP contribution in [0.5, 0.6) is 0 Å². The van der Waals surface area contributed by atoms with Crippen LogP contribution in [0.3, 0.4) is 0 Å². The largest absolute Gasteiger partial charge is 0.323 e. The van der Waals surface area contributed by atoms with E-state index in [2.05, 4.69) is 15.5 Å². The number of hydrogen-bond donors (Lipinski definition) is 1. The van der Waals surface area contributed by atoms with Gasteiger partial charge in [0.15, 0.2) is 0 Å². The maximum absolute atomic E-state index is 11.9. The maximum Gasteiger partial charge on any atom is 0.226 e. The molecule has 6 nitrogen and oxygen atoms in total. The zero-order chi connectivity index (χ0) is 13.8. The van der Waals surface area contributed by atoms with Gasteiger partial charge in [-0.1, -0.05) is 0 Å². The number of hydrogen-bond acceptors (Lipinski definition) is 3. The van der Waals surface area contributed by atoms with Crippen LogP contribution < -0.4 is 5.32 Å². The molecule has 0 aliphatic heterocycles. The van der Waals surface area contributed by atoms with Crippen molar-refractivity contribution in [1.29, 1.82) is 0 Å². The third kappa shape index (κ3) is 3.21. The Balaban J connectivity index is 1.88. The van der Waals surface area contributed by atoms with Crippen LogP contribution in [0.4, 0.5) is 5.69 Å². The van der Waals surface area contributed by atoms with Crippen molar-refractivity contribution in [3.05, 3.63) is 29.8 Å². The number of amides is 1. The quantitative estimate of drug-likeness (QED) is 0.891. The summed E-state index contributed by atoms with van der Waals surface area (Å²) < 4.78 is 3.63. The lowest BCUT2D eigenvalue weighted by Gasteiger charge is -2.05. The zero-order valence-corrected chi connectivity index (χ0v) is 11.6. The molecule has 2 heterocycles. The highest BCUT2D eigenvalue weighted by Gasteiger charge is 2.09. The Morgan fingerprint density at radius 3 is 2.79 bits per heavy atom. The van der Waals surface area contributed by atoms with Gasteiger partial charge in [-0.3, -0.25) is 14.2 Å². The van der Waals surface area contributed by atoms with Gasteiger partial charge in [0.25, 0.3) is 0 Å². The predicted octanol–water partition coefficient (Wildman–Crippen LogP) is 1.75. The van der Waals surface area contributed by atoms with Crippen LogP contribution in [-0.4, -0.2) is 25.5 Å². The van der Waals surface area contributed by atoms with Gasteiger partial charge in [-0.25, -0.2) is 0 Å². The molecule has 0 radical (unpaired) electrons. The number of carbonyl (C=O) groups is 1. The van der Waals surface area contributed by atoms with E-state index in [0.29, 0.717) is 13.0 Å². The number of aryl methyl sites for hydroxylation is 3. The molecule has 0 aliphatic carbocycles. The number of carbonyl (C=O) groups excluding carboxylic acids is 1. The highest BCUT2D eigenvalue weighted by Crippen LogP contribution is 2.13. The third-order valence-electron chi connectivity index (χ3n) is 3.02. The Labute approximate surface area is 112 Å². The fourth-order valence-corrected chi connectivity index (χ4v) is 1.90. The van der Waals surface area contributed by atoms with Crippen molar-refractivity contribution in [3.63, 3.8) is 0 Å². The smallest absolute Gasteiger partial charge is 0.226 e. The molecular weight excluding hydrogens is 242 g/mol. The Morgan fingerprint density at radius 1 is 1.42 bits per heavy atom. The Kier molecular flexibility index (Phi) is 3.99. The second kappa shape index (κ2) is 5.69. The van der Waals surface area contributed by atoms with Crippen LogP contribution >= 0.6 is 0 Å². The number of nitrogens with zero attached hydrogens (tertiary/aromatic N) is 4. The van der Waals surface area contributed by atoms with Crippen molar-refractivity contribution in [2.45, 2.75) is 40.3 Å². The number of nitrogens with one attached hydrogen (secondary N) is 1. The monoisotopic (exact) mass is 261 g/mol. The van der Waals surface area contributed by atoms with Crippen molar-refractivity contribution in [2.24, 2.45) is 0 Å². The molecule has 102 valence electrons. The van der Waals surface area contributed by atoms with Crippen molar-refractivity contribution in [2.75, 3.05) is 5.32 Å². The molecule has 1 N–H and O–H groups in total. The molecule has 19 heavy (non-hydrogen) atoms. The van der Waals surface area contributed by atoms with Crippen molar-refractivity contribution < 1.29 is 4.79 Å². The van der Waals surface area contributed by atoms with E-state index in [4.69, 9.17) is 0 Å². The summed E-state index contributed by atoms with van der Waals surface area (Å²) in [5.41, 5.74) is 2.72. The van der Waals surface area contributed by atoms with Crippen molar-refractivity contribution in [1.82, 2.24) is 19.6 Å². The minimum Gasteiger partial charge on any atom is -0.323 e. The molecule has 0 saturated carbocycles. The zero-order valence-electron chi connectivity index (χ0n) is 11.6. The van der Waals surface area contributed by atoms with E-state index in [1.54, 1.807) is 10.9 Å². The summed E-state index contributed by atoms with van der Waals surface area (Å²) in [6.07, 6.45) is 3.97. The minimum atomic E-state index is -0.0214. The first-order valence-corrected chi connectivity index (χ1v) is 6.42. The molecule has 2 aromatic rings. The lowest BCUT2D eigenvalue weighted by Crippen LogP contribution is -2.15. The summed E-state index contributed by atoms with van der Waals surface area (Å²) >= 11 is 0. The summed E-state index contributed by atoms with van der Waals surface area (Å²) in [4.78, 5) is 11.9. The molecule has 0 bridgehead atoms. The van der Waals surface area contributed by atoms with E-state index in [9.17, 15) is 4.79 Å². The average molecular weight is 261 g/mol. The molecule has 2 rings (SSSR count). The molecule has 0 saturated heterocycles. The summed E-state index contributed by atoms with van der Waals surface area (Å²) in [7, 11) is 0. The van der Waals surface area contributed by atoms with Crippen LogP contribution in [0.25, 0.3) is 0 Å². The molecule has 0 atom stereocenters. The first-order chi connectivity index (χ1) is 9.10. The van der Waals surface area contributed by atoms with Gasteiger partial charge in [0.1, 0.15) is 0 Å². The number of anilines is 1. The second-order valence-corrected chi connectivity index (χ2v) is 4.48. The molecule has 0 spiro atoms. The van der Waals surface area contributed by atoms with Crippen LogP contribution in [0.1, 0.15) is 24.7 Å². The molecule has 0 unspecified atom stereocenters.